The summed E-state index contributed by atoms with van der Waals surface area (Å²) in [6, 6.07) is 17.4. The van der Waals surface area contributed by atoms with Crippen molar-refractivity contribution in [3.63, 3.8) is 0 Å². The maximum atomic E-state index is 13.9. The summed E-state index contributed by atoms with van der Waals surface area (Å²) in [6.45, 7) is 0.0397. The van der Waals surface area contributed by atoms with Crippen LogP contribution >= 0.6 is 38.5 Å². The molecule has 4 rings (SSSR count). The maximum Gasteiger partial charge on any atom is 0.363 e. The molecule has 3 aromatic rings. The molecule has 0 saturated heterocycles. The molecule has 0 bridgehead atoms. The van der Waals surface area contributed by atoms with Gasteiger partial charge in [-0.15, -0.1) is 0 Å². The number of halogens is 3. The van der Waals surface area contributed by atoms with Gasteiger partial charge in [-0.25, -0.2) is 14.2 Å². The third-order valence-electron chi connectivity index (χ3n) is 4.60. The topological polar surface area (TPSA) is 57.1 Å². The minimum Gasteiger partial charge on any atom is -0.493 e. The van der Waals surface area contributed by atoms with Gasteiger partial charge in [0.25, 0.3) is 0 Å². The van der Waals surface area contributed by atoms with Gasteiger partial charge in [-0.2, -0.15) is 0 Å². The summed E-state index contributed by atoms with van der Waals surface area (Å²) in [6.07, 6.45) is 1.61. The lowest BCUT2D eigenvalue weighted by atomic mass is 10.1. The molecule has 0 spiro atoms. The van der Waals surface area contributed by atoms with Gasteiger partial charge in [0.1, 0.15) is 12.4 Å². The van der Waals surface area contributed by atoms with Crippen LogP contribution in [-0.4, -0.2) is 19.0 Å². The van der Waals surface area contributed by atoms with Crippen LogP contribution in [-0.2, 0) is 16.1 Å². The van der Waals surface area contributed by atoms with Crippen molar-refractivity contribution < 1.29 is 23.4 Å². The number of benzene rings is 3. The van der Waals surface area contributed by atoms with E-state index in [1.807, 2.05) is 24.3 Å². The van der Waals surface area contributed by atoms with E-state index in [9.17, 15) is 9.18 Å². The SMILES string of the molecule is COc1cc(/C=C2\N=C(c3ccc(I)cc3)OC2=O)cc(Br)c1OCc1ccccc1F. The quantitative estimate of drug-likeness (QED) is 0.192. The number of ether oxygens (including phenoxy) is 3. The van der Waals surface area contributed by atoms with E-state index in [0.717, 1.165) is 9.13 Å². The Morgan fingerprint density at radius 3 is 2.62 bits per heavy atom. The van der Waals surface area contributed by atoms with E-state index in [2.05, 4.69) is 43.5 Å². The van der Waals surface area contributed by atoms with Gasteiger partial charge in [-0.1, -0.05) is 18.2 Å². The van der Waals surface area contributed by atoms with Crippen LogP contribution in [0.15, 0.2) is 75.8 Å². The lowest BCUT2D eigenvalue weighted by Gasteiger charge is -2.14. The fourth-order valence-electron chi connectivity index (χ4n) is 3.01. The predicted octanol–water partition coefficient (Wildman–Crippen LogP) is 6.12. The first kappa shape index (κ1) is 22.5. The van der Waals surface area contributed by atoms with Crippen molar-refractivity contribution in [1.82, 2.24) is 0 Å². The summed E-state index contributed by atoms with van der Waals surface area (Å²) < 4.78 is 32.1. The summed E-state index contributed by atoms with van der Waals surface area (Å²) in [4.78, 5) is 16.6. The highest BCUT2D eigenvalue weighted by Crippen LogP contribution is 2.38. The Hall–Kier alpha value is -2.72. The molecule has 162 valence electrons. The minimum atomic E-state index is -0.534. The van der Waals surface area contributed by atoms with E-state index in [1.54, 1.807) is 36.4 Å². The van der Waals surface area contributed by atoms with E-state index in [-0.39, 0.29) is 24.0 Å². The van der Waals surface area contributed by atoms with E-state index in [0.29, 0.717) is 27.1 Å². The zero-order valence-corrected chi connectivity index (χ0v) is 20.5. The zero-order valence-electron chi connectivity index (χ0n) is 16.8. The number of esters is 1. The standard InChI is InChI=1S/C24H16BrFINO4/c1-30-21-12-14(10-18(25)22(21)31-13-16-4-2-3-5-19(16)26)11-20-24(29)32-23(28-20)15-6-8-17(27)9-7-15/h2-12H,13H2,1H3/b20-11-. The van der Waals surface area contributed by atoms with Gasteiger partial charge in [0.05, 0.1) is 11.6 Å². The average molecular weight is 608 g/mol. The highest BCUT2D eigenvalue weighted by atomic mass is 127. The van der Waals surface area contributed by atoms with E-state index >= 15 is 0 Å². The fraction of sp³-hybridized carbons (Fsp3) is 0.0833. The molecule has 1 aliphatic rings. The van der Waals surface area contributed by atoms with E-state index in [1.165, 1.54) is 13.2 Å². The molecular formula is C24H16BrFINO4. The Balaban J connectivity index is 1.59. The second-order valence-corrected chi connectivity index (χ2v) is 8.86. The van der Waals surface area contributed by atoms with Gasteiger partial charge in [-0.05, 0) is 92.6 Å². The molecule has 0 amide bonds. The van der Waals surface area contributed by atoms with Crippen molar-refractivity contribution in [2.24, 2.45) is 4.99 Å². The van der Waals surface area contributed by atoms with E-state index in [4.69, 9.17) is 14.2 Å². The third kappa shape index (κ3) is 5.02. The number of hydrogen-bond acceptors (Lipinski definition) is 5. The lowest BCUT2D eigenvalue weighted by molar-refractivity contribution is -0.129. The number of carbonyl (C=O) groups excluding carboxylic acids is 1. The number of rotatable bonds is 6. The first-order chi connectivity index (χ1) is 15.4. The van der Waals surface area contributed by atoms with Gasteiger partial charge < -0.3 is 14.2 Å². The Bertz CT molecular complexity index is 1240. The first-order valence-corrected chi connectivity index (χ1v) is 11.3. The number of cyclic esters (lactones) is 1. The summed E-state index contributed by atoms with van der Waals surface area (Å²) in [5.41, 5.74) is 1.98. The van der Waals surface area contributed by atoms with Crippen LogP contribution in [0.25, 0.3) is 6.08 Å². The average Bonchev–Trinajstić information content (AvgIpc) is 3.14. The van der Waals surface area contributed by atoms with Gasteiger partial charge in [0.2, 0.25) is 5.90 Å². The van der Waals surface area contributed by atoms with Crippen LogP contribution < -0.4 is 9.47 Å². The van der Waals surface area contributed by atoms with Crippen LogP contribution in [0.2, 0.25) is 0 Å². The summed E-state index contributed by atoms with van der Waals surface area (Å²) >= 11 is 5.67. The van der Waals surface area contributed by atoms with Crippen LogP contribution in [0, 0.1) is 9.39 Å². The molecule has 1 heterocycles. The summed E-state index contributed by atoms with van der Waals surface area (Å²) in [5.74, 6) is 0.235. The summed E-state index contributed by atoms with van der Waals surface area (Å²) in [7, 11) is 1.51. The molecule has 0 aliphatic carbocycles. The number of methoxy groups -OCH3 is 1. The molecule has 0 atom stereocenters. The molecule has 8 heteroatoms. The second kappa shape index (κ2) is 9.83. The van der Waals surface area contributed by atoms with Crippen LogP contribution in [0.5, 0.6) is 11.5 Å². The fourth-order valence-corrected chi connectivity index (χ4v) is 3.95. The van der Waals surface area contributed by atoms with Gasteiger partial charge in [0.15, 0.2) is 17.2 Å². The Kier molecular flexibility index (Phi) is 6.90. The van der Waals surface area contributed by atoms with Gasteiger partial charge >= 0.3 is 5.97 Å². The van der Waals surface area contributed by atoms with Crippen molar-refractivity contribution in [3.8, 4) is 11.5 Å². The molecule has 0 N–H and O–H groups in total. The predicted molar refractivity (Wildman–Crippen MR) is 131 cm³/mol. The van der Waals surface area contributed by atoms with Gasteiger partial charge in [-0.3, -0.25) is 0 Å². The van der Waals surface area contributed by atoms with Crippen molar-refractivity contribution in [2.75, 3.05) is 7.11 Å². The smallest absolute Gasteiger partial charge is 0.363 e. The molecule has 5 nitrogen and oxygen atoms in total. The number of hydrogen-bond donors (Lipinski definition) is 0. The largest absolute Gasteiger partial charge is 0.493 e. The van der Waals surface area contributed by atoms with Crippen molar-refractivity contribution in [2.45, 2.75) is 6.61 Å². The van der Waals surface area contributed by atoms with Crippen molar-refractivity contribution in [3.05, 3.63) is 96.9 Å². The molecule has 0 aromatic heterocycles. The normalized spacial score (nSPS) is 14.3. The molecule has 0 radical (unpaired) electrons. The highest BCUT2D eigenvalue weighted by molar-refractivity contribution is 14.1. The molecule has 32 heavy (non-hydrogen) atoms. The molecule has 3 aromatic carbocycles. The number of aliphatic imine (C=N–C) groups is 1. The lowest BCUT2D eigenvalue weighted by Crippen LogP contribution is -2.05. The third-order valence-corrected chi connectivity index (χ3v) is 5.90. The Morgan fingerprint density at radius 1 is 1.16 bits per heavy atom. The molecule has 0 saturated carbocycles. The summed E-state index contributed by atoms with van der Waals surface area (Å²) in [5, 5.41) is 0. The number of nitrogens with zero attached hydrogens (tertiary/aromatic N) is 1. The first-order valence-electron chi connectivity index (χ1n) is 9.47. The minimum absolute atomic E-state index is 0.0397. The maximum absolute atomic E-state index is 13.9. The molecule has 0 unspecified atom stereocenters. The van der Waals surface area contributed by atoms with Crippen molar-refractivity contribution >= 4 is 56.5 Å². The van der Waals surface area contributed by atoms with Crippen molar-refractivity contribution in [1.29, 1.82) is 0 Å². The van der Waals surface area contributed by atoms with Crippen LogP contribution in [0.3, 0.4) is 0 Å². The Morgan fingerprint density at radius 2 is 1.91 bits per heavy atom. The molecular weight excluding hydrogens is 592 g/mol. The Labute approximate surface area is 206 Å². The molecule has 0 fully saturated rings. The van der Waals surface area contributed by atoms with Crippen LogP contribution in [0.1, 0.15) is 16.7 Å². The highest BCUT2D eigenvalue weighted by Gasteiger charge is 2.24. The second-order valence-electron chi connectivity index (χ2n) is 6.76. The van der Waals surface area contributed by atoms with E-state index < -0.39 is 5.97 Å². The zero-order chi connectivity index (χ0) is 22.7. The van der Waals surface area contributed by atoms with Crippen LogP contribution in [0.4, 0.5) is 4.39 Å². The monoisotopic (exact) mass is 607 g/mol. The number of carbonyl (C=O) groups is 1. The molecule has 1 aliphatic heterocycles. The van der Waals surface area contributed by atoms with Gasteiger partial charge in [0, 0.05) is 14.7 Å².